The van der Waals surface area contributed by atoms with Crippen LogP contribution in [0.2, 0.25) is 0 Å². The average Bonchev–Trinajstić information content (AvgIpc) is 3.05. The minimum absolute atomic E-state index is 0.546. The number of hydrogen-bond donors (Lipinski definition) is 2. The molecular weight excluding hydrogens is 322 g/mol. The fourth-order valence-electron chi connectivity index (χ4n) is 2.86. The molecule has 2 aromatic rings. The Labute approximate surface area is 147 Å². The molecule has 0 spiro atoms. The van der Waals surface area contributed by atoms with Crippen molar-refractivity contribution in [3.05, 3.63) is 41.5 Å². The SMILES string of the molecule is CC(O)(CNCc1ncc(-c2ccccc2)s1)CN1CCOCC1. The molecule has 0 radical (unpaired) electrons. The van der Waals surface area contributed by atoms with Gasteiger partial charge in [-0.1, -0.05) is 30.3 Å². The zero-order chi connectivity index (χ0) is 16.8. The number of aromatic nitrogens is 1. The van der Waals surface area contributed by atoms with E-state index in [1.165, 1.54) is 10.4 Å². The molecule has 3 rings (SSSR count). The minimum atomic E-state index is -0.753. The second-order valence-corrected chi connectivity index (χ2v) is 7.59. The van der Waals surface area contributed by atoms with Crippen LogP contribution in [0.25, 0.3) is 10.4 Å². The summed E-state index contributed by atoms with van der Waals surface area (Å²) < 4.78 is 5.35. The lowest BCUT2D eigenvalue weighted by atomic mass is 10.1. The number of aliphatic hydroxyl groups is 1. The number of hydrogen-bond acceptors (Lipinski definition) is 6. The quantitative estimate of drug-likeness (QED) is 0.802. The number of nitrogens with zero attached hydrogens (tertiary/aromatic N) is 2. The van der Waals surface area contributed by atoms with Crippen LogP contribution >= 0.6 is 11.3 Å². The largest absolute Gasteiger partial charge is 0.388 e. The van der Waals surface area contributed by atoms with Crippen LogP contribution in [-0.4, -0.2) is 60.0 Å². The summed E-state index contributed by atoms with van der Waals surface area (Å²) in [6.45, 7) is 7.06. The number of benzene rings is 1. The first-order chi connectivity index (χ1) is 11.6. The van der Waals surface area contributed by atoms with Gasteiger partial charge in [0.05, 0.1) is 23.7 Å². The molecule has 2 N–H and O–H groups in total. The molecule has 1 aliphatic heterocycles. The van der Waals surface area contributed by atoms with Crippen LogP contribution in [0.3, 0.4) is 0 Å². The van der Waals surface area contributed by atoms with Gasteiger partial charge in [0, 0.05) is 38.9 Å². The molecule has 1 unspecified atom stereocenters. The number of rotatable bonds is 7. The monoisotopic (exact) mass is 347 g/mol. The van der Waals surface area contributed by atoms with Crippen LogP contribution < -0.4 is 5.32 Å². The molecule has 24 heavy (non-hydrogen) atoms. The zero-order valence-corrected chi connectivity index (χ0v) is 14.9. The molecule has 2 heterocycles. The maximum Gasteiger partial charge on any atom is 0.107 e. The van der Waals surface area contributed by atoms with Gasteiger partial charge in [-0.15, -0.1) is 11.3 Å². The van der Waals surface area contributed by atoms with Gasteiger partial charge >= 0.3 is 0 Å². The Kier molecular flexibility index (Phi) is 5.97. The first-order valence-electron chi connectivity index (χ1n) is 8.36. The van der Waals surface area contributed by atoms with E-state index < -0.39 is 5.60 Å². The number of β-amino-alcohol motifs (C(OH)–C–C–N with tert-alkyl or cyclic N) is 1. The van der Waals surface area contributed by atoms with Gasteiger partial charge < -0.3 is 15.2 Å². The van der Waals surface area contributed by atoms with Crippen molar-refractivity contribution in [2.75, 3.05) is 39.4 Å². The first-order valence-corrected chi connectivity index (χ1v) is 9.17. The standard InChI is InChI=1S/C18H25N3O2S/c1-18(22,14-21-7-9-23-10-8-21)13-19-12-17-20-11-16(24-17)15-5-3-2-4-6-15/h2-6,11,19,22H,7-10,12-14H2,1H3. The molecule has 0 aliphatic carbocycles. The number of nitrogens with one attached hydrogen (secondary N) is 1. The highest BCUT2D eigenvalue weighted by atomic mass is 32.1. The van der Waals surface area contributed by atoms with Crippen LogP contribution in [0.5, 0.6) is 0 Å². The maximum atomic E-state index is 10.6. The lowest BCUT2D eigenvalue weighted by Crippen LogP contribution is -2.50. The molecule has 1 saturated heterocycles. The normalized spacial score (nSPS) is 18.4. The van der Waals surface area contributed by atoms with E-state index >= 15 is 0 Å². The highest BCUT2D eigenvalue weighted by Gasteiger charge is 2.24. The van der Waals surface area contributed by atoms with Gasteiger partial charge in [-0.05, 0) is 12.5 Å². The van der Waals surface area contributed by atoms with E-state index in [1.807, 2.05) is 31.3 Å². The van der Waals surface area contributed by atoms with E-state index in [2.05, 4.69) is 27.3 Å². The number of thiazole rings is 1. The first kappa shape index (κ1) is 17.5. The van der Waals surface area contributed by atoms with E-state index in [1.54, 1.807) is 11.3 Å². The lowest BCUT2D eigenvalue weighted by Gasteiger charge is -2.33. The summed E-state index contributed by atoms with van der Waals surface area (Å²) in [6.07, 6.45) is 1.92. The summed E-state index contributed by atoms with van der Waals surface area (Å²) >= 11 is 1.69. The van der Waals surface area contributed by atoms with Gasteiger partial charge in [0.2, 0.25) is 0 Å². The molecule has 1 aromatic heterocycles. The smallest absolute Gasteiger partial charge is 0.107 e. The molecule has 6 heteroatoms. The summed E-state index contributed by atoms with van der Waals surface area (Å²) in [7, 11) is 0. The Morgan fingerprint density at radius 1 is 1.29 bits per heavy atom. The Bertz CT molecular complexity index is 624. The predicted molar refractivity (Wildman–Crippen MR) is 97.1 cm³/mol. The van der Waals surface area contributed by atoms with E-state index in [-0.39, 0.29) is 0 Å². The second kappa shape index (κ2) is 8.18. The highest BCUT2D eigenvalue weighted by molar-refractivity contribution is 7.15. The van der Waals surface area contributed by atoms with Crippen LogP contribution in [0.1, 0.15) is 11.9 Å². The Morgan fingerprint density at radius 3 is 2.79 bits per heavy atom. The molecular formula is C18H25N3O2S. The molecule has 130 valence electrons. The Hall–Kier alpha value is -1.31. The van der Waals surface area contributed by atoms with Gasteiger partial charge in [-0.25, -0.2) is 4.98 Å². The topological polar surface area (TPSA) is 57.6 Å². The molecule has 1 aliphatic rings. The second-order valence-electron chi connectivity index (χ2n) is 6.47. The fourth-order valence-corrected chi connectivity index (χ4v) is 3.76. The minimum Gasteiger partial charge on any atom is -0.388 e. The summed E-state index contributed by atoms with van der Waals surface area (Å²) in [5.74, 6) is 0. The van der Waals surface area contributed by atoms with Crippen LogP contribution in [0.4, 0.5) is 0 Å². The summed E-state index contributed by atoms with van der Waals surface area (Å²) in [4.78, 5) is 7.90. The van der Waals surface area contributed by atoms with Crippen molar-refractivity contribution in [1.29, 1.82) is 0 Å². The Morgan fingerprint density at radius 2 is 2.04 bits per heavy atom. The van der Waals surface area contributed by atoms with Crippen LogP contribution in [-0.2, 0) is 11.3 Å². The predicted octanol–water partition coefficient (Wildman–Crippen LogP) is 1.98. The van der Waals surface area contributed by atoms with E-state index in [0.717, 1.165) is 31.3 Å². The zero-order valence-electron chi connectivity index (χ0n) is 14.1. The van der Waals surface area contributed by atoms with Gasteiger partial charge in [0.15, 0.2) is 0 Å². The molecule has 5 nitrogen and oxygen atoms in total. The van der Waals surface area contributed by atoms with Crippen molar-refractivity contribution in [1.82, 2.24) is 15.2 Å². The fraction of sp³-hybridized carbons (Fsp3) is 0.500. The highest BCUT2D eigenvalue weighted by Crippen LogP contribution is 2.25. The molecule has 0 amide bonds. The lowest BCUT2D eigenvalue weighted by molar-refractivity contribution is -0.0219. The van der Waals surface area contributed by atoms with Gasteiger partial charge in [0.25, 0.3) is 0 Å². The van der Waals surface area contributed by atoms with E-state index in [9.17, 15) is 5.11 Å². The summed E-state index contributed by atoms with van der Waals surface area (Å²) in [6, 6.07) is 10.3. The third-order valence-electron chi connectivity index (χ3n) is 4.06. The average molecular weight is 347 g/mol. The van der Waals surface area contributed by atoms with E-state index in [0.29, 0.717) is 19.6 Å². The van der Waals surface area contributed by atoms with Gasteiger partial charge in [-0.3, -0.25) is 4.90 Å². The maximum absolute atomic E-state index is 10.6. The van der Waals surface area contributed by atoms with Crippen molar-refractivity contribution in [3.63, 3.8) is 0 Å². The summed E-state index contributed by atoms with van der Waals surface area (Å²) in [5, 5.41) is 14.9. The number of ether oxygens (including phenoxy) is 1. The van der Waals surface area contributed by atoms with Crippen molar-refractivity contribution in [2.45, 2.75) is 19.1 Å². The van der Waals surface area contributed by atoms with Crippen molar-refractivity contribution < 1.29 is 9.84 Å². The van der Waals surface area contributed by atoms with Crippen LogP contribution in [0.15, 0.2) is 36.5 Å². The van der Waals surface area contributed by atoms with Gasteiger partial charge in [-0.2, -0.15) is 0 Å². The molecule has 1 aromatic carbocycles. The van der Waals surface area contributed by atoms with Crippen molar-refractivity contribution in [2.24, 2.45) is 0 Å². The number of morpholine rings is 1. The molecule has 0 bridgehead atoms. The molecule has 1 atom stereocenters. The third kappa shape index (κ3) is 5.09. The van der Waals surface area contributed by atoms with Crippen molar-refractivity contribution >= 4 is 11.3 Å². The van der Waals surface area contributed by atoms with Gasteiger partial charge in [0.1, 0.15) is 5.01 Å². The van der Waals surface area contributed by atoms with E-state index in [4.69, 9.17) is 4.74 Å². The Balaban J connectivity index is 1.46. The molecule has 1 fully saturated rings. The van der Waals surface area contributed by atoms with Crippen molar-refractivity contribution in [3.8, 4) is 10.4 Å². The summed E-state index contributed by atoms with van der Waals surface area (Å²) in [5.41, 5.74) is 0.442. The third-order valence-corrected chi connectivity index (χ3v) is 5.11. The van der Waals surface area contributed by atoms with Crippen LogP contribution in [0, 0.1) is 0 Å². The molecule has 0 saturated carbocycles.